The molecule has 1 atom stereocenters. The van der Waals surface area contributed by atoms with Crippen LogP contribution < -0.4 is 0 Å². The van der Waals surface area contributed by atoms with Crippen molar-refractivity contribution in [1.29, 1.82) is 0 Å². The summed E-state index contributed by atoms with van der Waals surface area (Å²) in [6, 6.07) is 0.0733. The van der Waals surface area contributed by atoms with Gasteiger partial charge in [0.25, 0.3) is 0 Å². The molecule has 0 aromatic carbocycles. The van der Waals surface area contributed by atoms with E-state index in [9.17, 15) is 9.59 Å². The predicted molar refractivity (Wildman–Crippen MR) is 229 cm³/mol. The fourth-order valence-electron chi connectivity index (χ4n) is 7.82. The maximum absolute atomic E-state index is 15.1. The number of hydrogen-bond acceptors (Lipinski definition) is 4. The number of alkyl halides is 2. The van der Waals surface area contributed by atoms with E-state index in [1.165, 1.54) is 109 Å². The lowest BCUT2D eigenvalue weighted by Gasteiger charge is -2.33. The van der Waals surface area contributed by atoms with E-state index in [-0.39, 0.29) is 25.0 Å². The highest BCUT2D eigenvalue weighted by Crippen LogP contribution is 2.27. The third-order valence-electron chi connectivity index (χ3n) is 11.4. The van der Waals surface area contributed by atoms with Crippen molar-refractivity contribution in [3.05, 3.63) is 0 Å². The standard InChI is InChI=1S/C47H92F2N2O3/c1-7-11-15-19-21-23-25-31-41-51(45(52)37-32-40-50(5)6)44(35-28-24-22-20-16-12-8-2)36-29-30-39-47(48,49)46(53)54-42-38-43(33-26-17-13-9-3)34-27-18-14-10-4/h43-44H,7-42H2,1-6H3. The van der Waals surface area contributed by atoms with E-state index in [4.69, 9.17) is 4.74 Å². The van der Waals surface area contributed by atoms with Crippen molar-refractivity contribution in [2.45, 2.75) is 252 Å². The monoisotopic (exact) mass is 771 g/mol. The summed E-state index contributed by atoms with van der Waals surface area (Å²) in [5.41, 5.74) is 0. The van der Waals surface area contributed by atoms with Crippen molar-refractivity contribution in [2.75, 3.05) is 33.8 Å². The van der Waals surface area contributed by atoms with E-state index in [1.54, 1.807) is 0 Å². The fourth-order valence-corrected chi connectivity index (χ4v) is 7.82. The Morgan fingerprint density at radius 1 is 0.519 bits per heavy atom. The van der Waals surface area contributed by atoms with Gasteiger partial charge >= 0.3 is 11.9 Å². The Bertz CT molecular complexity index is 828. The van der Waals surface area contributed by atoms with E-state index in [0.717, 1.165) is 83.7 Å². The number of halogens is 2. The molecule has 1 amide bonds. The number of ether oxygens (including phenoxy) is 1. The van der Waals surface area contributed by atoms with Gasteiger partial charge in [-0.2, -0.15) is 8.78 Å². The van der Waals surface area contributed by atoms with Gasteiger partial charge in [0.15, 0.2) is 0 Å². The Morgan fingerprint density at radius 2 is 0.944 bits per heavy atom. The van der Waals surface area contributed by atoms with E-state index in [0.29, 0.717) is 25.2 Å². The zero-order valence-corrected chi connectivity index (χ0v) is 37.0. The highest BCUT2D eigenvalue weighted by molar-refractivity contribution is 5.77. The van der Waals surface area contributed by atoms with Crippen LogP contribution in [0.5, 0.6) is 0 Å². The quantitative estimate of drug-likeness (QED) is 0.0459. The van der Waals surface area contributed by atoms with E-state index >= 15 is 8.78 Å². The number of unbranched alkanes of at least 4 members (excludes halogenated alkanes) is 20. The van der Waals surface area contributed by atoms with Gasteiger partial charge < -0.3 is 14.5 Å². The first kappa shape index (κ1) is 52.8. The first-order valence-corrected chi connectivity index (χ1v) is 23.6. The summed E-state index contributed by atoms with van der Waals surface area (Å²) in [6.07, 6.45) is 34.1. The molecule has 0 aromatic heterocycles. The van der Waals surface area contributed by atoms with Crippen LogP contribution in [0.1, 0.15) is 240 Å². The molecule has 0 aromatic rings. The second-order valence-electron chi connectivity index (χ2n) is 17.0. The topological polar surface area (TPSA) is 49.9 Å². The average molecular weight is 771 g/mol. The summed E-state index contributed by atoms with van der Waals surface area (Å²) >= 11 is 0. The number of carbonyl (C=O) groups is 2. The Kier molecular flexibility index (Phi) is 36.5. The number of esters is 1. The SMILES string of the molecule is CCCCCCCCCCN(C(=O)CCCN(C)C)C(CCCCCCCCC)CCCCC(F)(F)C(=O)OCCC(CCCCCC)CCCCCC. The van der Waals surface area contributed by atoms with Crippen LogP contribution >= 0.6 is 0 Å². The van der Waals surface area contributed by atoms with Crippen LogP contribution in [0, 0.1) is 5.92 Å². The summed E-state index contributed by atoms with van der Waals surface area (Å²) in [6.45, 7) is 10.6. The van der Waals surface area contributed by atoms with Gasteiger partial charge in [-0.15, -0.1) is 0 Å². The molecule has 0 aliphatic rings. The highest BCUT2D eigenvalue weighted by atomic mass is 19.3. The molecule has 0 aliphatic carbocycles. The first-order valence-electron chi connectivity index (χ1n) is 23.6. The molecule has 54 heavy (non-hydrogen) atoms. The first-order chi connectivity index (χ1) is 26.1. The van der Waals surface area contributed by atoms with E-state index < -0.39 is 18.3 Å². The summed E-state index contributed by atoms with van der Waals surface area (Å²) in [7, 11) is 4.08. The third-order valence-corrected chi connectivity index (χ3v) is 11.4. The Labute approximate surface area is 335 Å². The number of carbonyl (C=O) groups excluding carboxylic acids is 2. The lowest BCUT2D eigenvalue weighted by Crippen LogP contribution is -2.41. The molecular weight excluding hydrogens is 679 g/mol. The van der Waals surface area contributed by atoms with Crippen LogP contribution in [0.3, 0.4) is 0 Å². The number of hydrogen-bond donors (Lipinski definition) is 0. The lowest BCUT2D eigenvalue weighted by atomic mass is 9.92. The van der Waals surface area contributed by atoms with Crippen molar-refractivity contribution >= 4 is 11.9 Å². The molecule has 5 nitrogen and oxygen atoms in total. The van der Waals surface area contributed by atoms with Gasteiger partial charge in [0.05, 0.1) is 6.61 Å². The van der Waals surface area contributed by atoms with Crippen molar-refractivity contribution in [3.63, 3.8) is 0 Å². The Balaban J connectivity index is 5.29. The summed E-state index contributed by atoms with van der Waals surface area (Å²) in [5, 5.41) is 0. The van der Waals surface area contributed by atoms with Gasteiger partial charge in [-0.25, -0.2) is 4.79 Å². The number of nitrogens with zero attached hydrogens (tertiary/aromatic N) is 2. The predicted octanol–water partition coefficient (Wildman–Crippen LogP) is 14.5. The van der Waals surface area contributed by atoms with Gasteiger partial charge in [0.2, 0.25) is 5.91 Å². The zero-order valence-electron chi connectivity index (χ0n) is 37.0. The van der Waals surface area contributed by atoms with E-state index in [1.807, 2.05) is 14.1 Å². The van der Waals surface area contributed by atoms with Crippen molar-refractivity contribution < 1.29 is 23.1 Å². The van der Waals surface area contributed by atoms with Crippen LogP contribution in [0.4, 0.5) is 8.78 Å². The molecule has 7 heteroatoms. The lowest BCUT2D eigenvalue weighted by molar-refractivity contribution is -0.173. The molecule has 0 aliphatic heterocycles. The van der Waals surface area contributed by atoms with Crippen LogP contribution in [-0.2, 0) is 14.3 Å². The van der Waals surface area contributed by atoms with Crippen molar-refractivity contribution in [1.82, 2.24) is 9.80 Å². The molecule has 0 spiro atoms. The van der Waals surface area contributed by atoms with Gasteiger partial charge in [0.1, 0.15) is 0 Å². The Hall–Kier alpha value is -1.24. The van der Waals surface area contributed by atoms with E-state index in [2.05, 4.69) is 37.5 Å². The van der Waals surface area contributed by atoms with Crippen molar-refractivity contribution in [2.24, 2.45) is 5.92 Å². The largest absolute Gasteiger partial charge is 0.461 e. The normalized spacial score (nSPS) is 12.6. The fraction of sp³-hybridized carbons (Fsp3) is 0.957. The molecule has 0 fully saturated rings. The highest BCUT2D eigenvalue weighted by Gasteiger charge is 2.40. The molecule has 0 rings (SSSR count). The molecule has 322 valence electrons. The summed E-state index contributed by atoms with van der Waals surface area (Å²) in [5.74, 6) is -4.17. The second-order valence-corrected chi connectivity index (χ2v) is 17.0. The molecule has 1 unspecified atom stereocenters. The molecular formula is C47H92F2N2O3. The Morgan fingerprint density at radius 3 is 1.44 bits per heavy atom. The maximum Gasteiger partial charge on any atom is 0.376 e. The van der Waals surface area contributed by atoms with Crippen molar-refractivity contribution in [3.8, 4) is 0 Å². The van der Waals surface area contributed by atoms with Gasteiger partial charge in [0, 0.05) is 25.4 Å². The summed E-state index contributed by atoms with van der Waals surface area (Å²) < 4.78 is 35.4. The molecule has 0 N–H and O–H groups in total. The minimum Gasteiger partial charge on any atom is -0.461 e. The third kappa shape index (κ3) is 30.9. The molecule has 0 heterocycles. The molecule has 0 saturated carbocycles. The van der Waals surface area contributed by atoms with Crippen LogP contribution in [0.25, 0.3) is 0 Å². The van der Waals surface area contributed by atoms with Crippen LogP contribution in [0.15, 0.2) is 0 Å². The minimum absolute atomic E-state index is 0.0733. The summed E-state index contributed by atoms with van der Waals surface area (Å²) in [4.78, 5) is 30.6. The molecule has 0 bridgehead atoms. The zero-order chi connectivity index (χ0) is 40.1. The van der Waals surface area contributed by atoms with Crippen LogP contribution in [0.2, 0.25) is 0 Å². The number of amides is 1. The van der Waals surface area contributed by atoms with Gasteiger partial charge in [-0.3, -0.25) is 4.79 Å². The average Bonchev–Trinajstić information content (AvgIpc) is 3.14. The van der Waals surface area contributed by atoms with Crippen LogP contribution in [-0.4, -0.2) is 67.4 Å². The van der Waals surface area contributed by atoms with Gasteiger partial charge in [-0.05, 0) is 65.1 Å². The maximum atomic E-state index is 15.1. The number of rotatable bonds is 41. The molecule has 0 radical (unpaired) electrons. The smallest absolute Gasteiger partial charge is 0.376 e. The second kappa shape index (κ2) is 37.3. The van der Waals surface area contributed by atoms with Gasteiger partial charge in [-0.1, -0.05) is 188 Å². The molecule has 0 saturated heterocycles. The minimum atomic E-state index is -3.47.